The molecule has 0 rings (SSSR count). The highest BCUT2D eigenvalue weighted by atomic mass is 32.2. The summed E-state index contributed by atoms with van der Waals surface area (Å²) in [6.07, 6.45) is -2.06. The number of amides is 1. The molecule has 0 heterocycles. The maximum absolute atomic E-state index is 11.3. The first-order valence-corrected chi connectivity index (χ1v) is 6.50. The van der Waals surface area contributed by atoms with Crippen LogP contribution in [-0.4, -0.2) is 49.4 Å². The number of aliphatic hydroxyl groups excluding tert-OH is 1. The molecule has 0 unspecified atom stereocenters. The van der Waals surface area contributed by atoms with Gasteiger partial charge in [-0.05, 0) is 20.3 Å². The third kappa shape index (κ3) is 7.04. The molecule has 0 fully saturated rings. The van der Waals surface area contributed by atoms with Gasteiger partial charge in [0.15, 0.2) is 0 Å². The molecular weight excluding hydrogens is 268 g/mol. The average molecular weight is 284 g/mol. The normalized spacial score (nSPS) is 13.1. The Morgan fingerprint density at radius 2 is 1.89 bits per heavy atom. The summed E-state index contributed by atoms with van der Waals surface area (Å²) < 4.78 is 30.4. The Morgan fingerprint density at radius 1 is 1.33 bits per heavy atom. The van der Waals surface area contributed by atoms with Crippen LogP contribution >= 0.6 is 0 Å². The van der Waals surface area contributed by atoms with Crippen molar-refractivity contribution in [2.75, 3.05) is 6.61 Å². The summed E-state index contributed by atoms with van der Waals surface area (Å²) in [6.45, 7) is 2.52. The monoisotopic (exact) mass is 284 g/mol. The van der Waals surface area contributed by atoms with E-state index in [0.29, 0.717) is 0 Å². The lowest BCUT2D eigenvalue weighted by molar-refractivity contribution is -0.139. The SMILES string of the molecule is CC(C)OC(=O)NS(=O)(=O)N[C@@H](CCO)C(=O)O. The molecule has 0 saturated heterocycles. The minimum atomic E-state index is -4.36. The van der Waals surface area contributed by atoms with Gasteiger partial charge in [0.2, 0.25) is 0 Å². The van der Waals surface area contributed by atoms with Crippen LogP contribution in [0.1, 0.15) is 20.3 Å². The topological polar surface area (TPSA) is 142 Å². The molecule has 0 bridgehead atoms. The van der Waals surface area contributed by atoms with E-state index in [1.54, 1.807) is 4.72 Å². The van der Waals surface area contributed by atoms with Gasteiger partial charge in [-0.3, -0.25) is 4.79 Å². The van der Waals surface area contributed by atoms with Crippen LogP contribution in [0.5, 0.6) is 0 Å². The van der Waals surface area contributed by atoms with Crippen molar-refractivity contribution in [1.82, 2.24) is 9.44 Å². The van der Waals surface area contributed by atoms with E-state index in [-0.39, 0.29) is 6.42 Å². The summed E-state index contributed by atoms with van der Waals surface area (Å²) >= 11 is 0. The molecule has 9 nitrogen and oxygen atoms in total. The number of carbonyl (C=O) groups excluding carboxylic acids is 1. The quantitative estimate of drug-likeness (QED) is 0.459. The van der Waals surface area contributed by atoms with Gasteiger partial charge in [-0.2, -0.15) is 13.1 Å². The summed E-state index contributed by atoms with van der Waals surface area (Å²) in [5.74, 6) is -1.47. The second-order valence-corrected chi connectivity index (χ2v) is 5.03. The van der Waals surface area contributed by atoms with E-state index in [9.17, 15) is 18.0 Å². The predicted molar refractivity (Wildman–Crippen MR) is 59.9 cm³/mol. The van der Waals surface area contributed by atoms with E-state index < -0.39 is 41.0 Å². The van der Waals surface area contributed by atoms with E-state index in [2.05, 4.69) is 4.74 Å². The molecule has 1 atom stereocenters. The van der Waals surface area contributed by atoms with Crippen LogP contribution in [0.25, 0.3) is 0 Å². The summed E-state index contributed by atoms with van der Waals surface area (Å²) in [6, 6.07) is -1.53. The van der Waals surface area contributed by atoms with Crippen molar-refractivity contribution in [1.29, 1.82) is 0 Å². The maximum atomic E-state index is 11.3. The highest BCUT2D eigenvalue weighted by molar-refractivity contribution is 7.88. The maximum Gasteiger partial charge on any atom is 0.422 e. The molecule has 0 aromatic carbocycles. The lowest BCUT2D eigenvalue weighted by Gasteiger charge is -2.14. The first-order valence-electron chi connectivity index (χ1n) is 5.02. The minimum absolute atomic E-state index is 0.324. The first kappa shape index (κ1) is 16.6. The largest absolute Gasteiger partial charge is 0.480 e. The third-order valence-electron chi connectivity index (χ3n) is 1.57. The smallest absolute Gasteiger partial charge is 0.422 e. The summed E-state index contributed by atoms with van der Waals surface area (Å²) in [5, 5.41) is 17.2. The number of hydrogen-bond donors (Lipinski definition) is 4. The number of carbonyl (C=O) groups is 2. The number of carboxylic acids is 1. The van der Waals surface area contributed by atoms with E-state index >= 15 is 0 Å². The van der Waals surface area contributed by atoms with Gasteiger partial charge in [0.05, 0.1) is 6.10 Å². The van der Waals surface area contributed by atoms with Crippen molar-refractivity contribution in [3.8, 4) is 0 Å². The van der Waals surface area contributed by atoms with E-state index in [1.807, 2.05) is 0 Å². The van der Waals surface area contributed by atoms with Crippen LogP contribution in [0, 0.1) is 0 Å². The van der Waals surface area contributed by atoms with Gasteiger partial charge < -0.3 is 14.9 Å². The minimum Gasteiger partial charge on any atom is -0.480 e. The molecule has 10 heteroatoms. The Balaban J connectivity index is 4.54. The molecule has 18 heavy (non-hydrogen) atoms. The van der Waals surface area contributed by atoms with Crippen molar-refractivity contribution in [3.05, 3.63) is 0 Å². The Kier molecular flexibility index (Phi) is 6.58. The molecule has 0 aliphatic carbocycles. The second kappa shape index (κ2) is 7.13. The first-order chi connectivity index (χ1) is 8.18. The number of nitrogens with one attached hydrogen (secondary N) is 2. The molecule has 0 aromatic heterocycles. The highest BCUT2D eigenvalue weighted by Crippen LogP contribution is 1.95. The van der Waals surface area contributed by atoms with E-state index in [0.717, 1.165) is 0 Å². The van der Waals surface area contributed by atoms with Gasteiger partial charge in [0.1, 0.15) is 6.04 Å². The van der Waals surface area contributed by atoms with Gasteiger partial charge >= 0.3 is 22.3 Å². The molecule has 0 aliphatic heterocycles. The molecule has 0 radical (unpaired) electrons. The van der Waals surface area contributed by atoms with Crippen molar-refractivity contribution in [2.24, 2.45) is 0 Å². The van der Waals surface area contributed by atoms with Gasteiger partial charge in [-0.25, -0.2) is 9.52 Å². The number of aliphatic hydroxyl groups is 1. The molecule has 0 saturated carbocycles. The Morgan fingerprint density at radius 3 is 2.28 bits per heavy atom. The lowest BCUT2D eigenvalue weighted by atomic mass is 10.2. The molecule has 1 amide bonds. The molecule has 106 valence electrons. The molecule has 0 aliphatic rings. The fraction of sp³-hybridized carbons (Fsp3) is 0.750. The Hall–Kier alpha value is -1.39. The van der Waals surface area contributed by atoms with E-state index in [1.165, 1.54) is 18.6 Å². The third-order valence-corrected chi connectivity index (χ3v) is 2.60. The van der Waals surface area contributed by atoms with E-state index in [4.69, 9.17) is 10.2 Å². The fourth-order valence-corrected chi connectivity index (χ4v) is 1.85. The van der Waals surface area contributed by atoms with Crippen LogP contribution in [0.4, 0.5) is 4.79 Å². The number of carboxylic acid groups (broad SMARTS) is 1. The average Bonchev–Trinajstić information content (AvgIpc) is 2.13. The summed E-state index contributed by atoms with van der Waals surface area (Å²) in [7, 11) is -4.36. The van der Waals surface area contributed by atoms with Gasteiger partial charge in [0, 0.05) is 6.61 Å². The Labute approximate surface area is 104 Å². The number of aliphatic carboxylic acids is 1. The molecule has 0 aromatic rings. The second-order valence-electron chi connectivity index (χ2n) is 3.58. The van der Waals surface area contributed by atoms with Crippen LogP contribution in [0.3, 0.4) is 0 Å². The van der Waals surface area contributed by atoms with Crippen molar-refractivity contribution in [2.45, 2.75) is 32.4 Å². The highest BCUT2D eigenvalue weighted by Gasteiger charge is 2.25. The standard InChI is InChI=1S/C8H16N2O7S/c1-5(2)17-8(14)10-18(15,16)9-6(3-4-11)7(12)13/h5-6,9,11H,3-4H2,1-2H3,(H,10,14)(H,12,13)/t6-/m0/s1. The number of hydrogen-bond acceptors (Lipinski definition) is 6. The van der Waals surface area contributed by atoms with Crippen molar-refractivity contribution in [3.63, 3.8) is 0 Å². The molecule has 0 spiro atoms. The van der Waals surface area contributed by atoms with Gasteiger partial charge in [-0.1, -0.05) is 0 Å². The van der Waals surface area contributed by atoms with Crippen LogP contribution in [0.2, 0.25) is 0 Å². The van der Waals surface area contributed by atoms with Crippen LogP contribution < -0.4 is 9.44 Å². The van der Waals surface area contributed by atoms with Gasteiger partial charge in [0.25, 0.3) is 0 Å². The summed E-state index contributed by atoms with van der Waals surface area (Å²) in [5.41, 5.74) is 0. The van der Waals surface area contributed by atoms with Crippen LogP contribution in [-0.2, 0) is 19.7 Å². The zero-order chi connectivity index (χ0) is 14.3. The zero-order valence-corrected chi connectivity index (χ0v) is 10.7. The van der Waals surface area contributed by atoms with Gasteiger partial charge in [-0.15, -0.1) is 0 Å². The summed E-state index contributed by atoms with van der Waals surface area (Å²) in [4.78, 5) is 21.7. The predicted octanol–water partition coefficient (Wildman–Crippen LogP) is -1.21. The molecule has 4 N–H and O–H groups in total. The number of rotatable bonds is 7. The molecular formula is C8H16N2O7S. The fourth-order valence-electron chi connectivity index (χ4n) is 0.926. The van der Waals surface area contributed by atoms with Crippen molar-refractivity contribution < 1.29 is 33.0 Å². The van der Waals surface area contributed by atoms with Crippen LogP contribution in [0.15, 0.2) is 0 Å². The lowest BCUT2D eigenvalue weighted by Crippen LogP contribution is -2.48. The number of ether oxygens (including phenoxy) is 1. The zero-order valence-electron chi connectivity index (χ0n) is 9.91. The van der Waals surface area contributed by atoms with Crippen molar-refractivity contribution >= 4 is 22.3 Å². The Bertz CT molecular complexity index is 392.